The predicted molar refractivity (Wildman–Crippen MR) is 133 cm³/mol. The van der Waals surface area contributed by atoms with E-state index in [1.165, 1.54) is 54.5 Å². The van der Waals surface area contributed by atoms with Crippen LogP contribution in [0.4, 0.5) is 29.3 Å². The van der Waals surface area contributed by atoms with Crippen LogP contribution in [0.3, 0.4) is 0 Å². The number of nitrogens with zero attached hydrogens (tertiary/aromatic N) is 3. The van der Waals surface area contributed by atoms with E-state index in [2.05, 4.69) is 9.71 Å². The molecule has 13 heteroatoms. The van der Waals surface area contributed by atoms with Crippen LogP contribution in [0.1, 0.15) is 18.1 Å². The molecular formula is C24H21F3N4O4S2. The van der Waals surface area contributed by atoms with Crippen LogP contribution in [0.5, 0.6) is 0 Å². The highest BCUT2D eigenvalue weighted by atomic mass is 32.2. The molecule has 0 aliphatic carbocycles. The molecule has 1 N–H and O–H groups in total. The van der Waals surface area contributed by atoms with Gasteiger partial charge in [-0.3, -0.25) is 14.5 Å². The van der Waals surface area contributed by atoms with Gasteiger partial charge < -0.3 is 4.90 Å². The molecule has 0 spiro atoms. The van der Waals surface area contributed by atoms with Crippen molar-refractivity contribution in [2.45, 2.75) is 35.7 Å². The normalized spacial score (nSPS) is 16.4. The number of carbonyl (C=O) groups is 2. The molecule has 3 amide bonds. The number of urea groups is 1. The number of hydrogen-bond acceptors (Lipinski definition) is 6. The van der Waals surface area contributed by atoms with Crippen LogP contribution in [0.2, 0.25) is 0 Å². The van der Waals surface area contributed by atoms with Crippen molar-refractivity contribution in [1.29, 1.82) is 0 Å². The predicted octanol–water partition coefficient (Wildman–Crippen LogP) is 4.99. The third-order valence-corrected chi connectivity index (χ3v) is 7.51. The number of amides is 3. The second kappa shape index (κ2) is 10.4. The van der Waals surface area contributed by atoms with E-state index in [0.717, 1.165) is 4.90 Å². The second-order valence-corrected chi connectivity index (χ2v) is 11.0. The Labute approximate surface area is 215 Å². The first kappa shape index (κ1) is 26.5. The minimum Gasteiger partial charge on any atom is -0.308 e. The number of hydrogen-bond donors (Lipinski definition) is 1. The van der Waals surface area contributed by atoms with Gasteiger partial charge in [0.05, 0.1) is 29.9 Å². The fourth-order valence-corrected chi connectivity index (χ4v) is 5.54. The van der Waals surface area contributed by atoms with Crippen LogP contribution < -0.4 is 9.62 Å². The minimum absolute atomic E-state index is 0.0792. The molecule has 0 saturated carbocycles. The number of imide groups is 1. The number of sulfonamides is 1. The number of aromatic nitrogens is 1. The maximum Gasteiger partial charge on any atom is 0.446 e. The lowest BCUT2D eigenvalue weighted by Gasteiger charge is -2.21. The second-order valence-electron chi connectivity index (χ2n) is 8.18. The van der Waals surface area contributed by atoms with Gasteiger partial charge in [-0.15, -0.1) is 0 Å². The Morgan fingerprint density at radius 2 is 1.70 bits per heavy atom. The van der Waals surface area contributed by atoms with E-state index in [4.69, 9.17) is 0 Å². The van der Waals surface area contributed by atoms with Crippen LogP contribution >= 0.6 is 11.8 Å². The molecule has 194 valence electrons. The van der Waals surface area contributed by atoms with E-state index in [0.29, 0.717) is 11.1 Å². The molecule has 3 aromatic rings. The summed E-state index contributed by atoms with van der Waals surface area (Å²) < 4.78 is 65.8. The highest BCUT2D eigenvalue weighted by molar-refractivity contribution is 8.00. The first-order valence-electron chi connectivity index (χ1n) is 10.9. The Morgan fingerprint density at radius 3 is 2.35 bits per heavy atom. The lowest BCUT2D eigenvalue weighted by molar-refractivity contribution is -0.119. The van der Waals surface area contributed by atoms with Crippen molar-refractivity contribution in [3.05, 3.63) is 84.2 Å². The molecule has 1 aliphatic rings. The number of pyridine rings is 1. The molecule has 1 fully saturated rings. The minimum atomic E-state index is -4.46. The summed E-state index contributed by atoms with van der Waals surface area (Å²) in [4.78, 5) is 32.1. The zero-order valence-corrected chi connectivity index (χ0v) is 21.0. The number of benzene rings is 2. The highest BCUT2D eigenvalue weighted by Crippen LogP contribution is 2.38. The summed E-state index contributed by atoms with van der Waals surface area (Å²) in [5.74, 6) is -0.822. The summed E-state index contributed by atoms with van der Waals surface area (Å²) in [7, 11) is -3.81. The van der Waals surface area contributed by atoms with Gasteiger partial charge >= 0.3 is 11.5 Å². The molecular weight excluding hydrogens is 529 g/mol. The molecule has 1 saturated heterocycles. The van der Waals surface area contributed by atoms with Crippen LogP contribution in [-0.4, -0.2) is 41.8 Å². The van der Waals surface area contributed by atoms with Gasteiger partial charge in [-0.25, -0.2) is 18.1 Å². The summed E-state index contributed by atoms with van der Waals surface area (Å²) >= 11 is -0.298. The third kappa shape index (κ3) is 6.41. The van der Waals surface area contributed by atoms with Gasteiger partial charge in [0.25, 0.3) is 5.91 Å². The number of nitrogens with one attached hydrogen (secondary N) is 1. The molecule has 0 radical (unpaired) electrons. The Kier molecular flexibility index (Phi) is 7.46. The molecule has 1 unspecified atom stereocenters. The summed E-state index contributed by atoms with van der Waals surface area (Å²) in [5.41, 5.74) is -3.16. The third-order valence-electron chi connectivity index (χ3n) is 5.53. The first-order valence-corrected chi connectivity index (χ1v) is 13.4. The fourth-order valence-electron chi connectivity index (χ4n) is 3.78. The van der Waals surface area contributed by atoms with Crippen molar-refractivity contribution in [2.75, 3.05) is 9.62 Å². The van der Waals surface area contributed by atoms with E-state index >= 15 is 0 Å². The maximum atomic E-state index is 13.2. The maximum absolute atomic E-state index is 13.2. The van der Waals surface area contributed by atoms with Crippen molar-refractivity contribution in [1.82, 2.24) is 9.88 Å². The average molecular weight is 551 g/mol. The molecule has 1 atom stereocenters. The topological polar surface area (TPSA) is 99.7 Å². The van der Waals surface area contributed by atoms with Gasteiger partial charge in [0, 0.05) is 11.1 Å². The van der Waals surface area contributed by atoms with Crippen LogP contribution in [0.25, 0.3) is 0 Å². The number of carbonyl (C=O) groups excluding carboxylic acids is 2. The van der Waals surface area contributed by atoms with Crippen LogP contribution in [-0.2, 0) is 27.1 Å². The monoisotopic (exact) mass is 550 g/mol. The first-order chi connectivity index (χ1) is 17.4. The molecule has 8 nitrogen and oxygen atoms in total. The van der Waals surface area contributed by atoms with Crippen LogP contribution in [0.15, 0.2) is 78.0 Å². The van der Waals surface area contributed by atoms with Crippen molar-refractivity contribution < 1.29 is 31.2 Å². The van der Waals surface area contributed by atoms with Gasteiger partial charge in [0.1, 0.15) is 6.04 Å². The quantitative estimate of drug-likeness (QED) is 0.313. The lowest BCUT2D eigenvalue weighted by Crippen LogP contribution is -2.33. The Hall–Kier alpha value is -3.58. The summed E-state index contributed by atoms with van der Waals surface area (Å²) in [6, 6.07) is 13.5. The largest absolute Gasteiger partial charge is 0.446 e. The van der Waals surface area contributed by atoms with E-state index in [1.807, 2.05) is 0 Å². The number of anilines is 2. The zero-order valence-electron chi connectivity index (χ0n) is 19.3. The van der Waals surface area contributed by atoms with Gasteiger partial charge in [-0.1, -0.05) is 30.3 Å². The van der Waals surface area contributed by atoms with Crippen molar-refractivity contribution in [3.63, 3.8) is 0 Å². The van der Waals surface area contributed by atoms with Crippen molar-refractivity contribution in [2.24, 2.45) is 0 Å². The summed E-state index contributed by atoms with van der Waals surface area (Å²) in [5, 5.41) is 0. The Bertz CT molecular complexity index is 1400. The van der Waals surface area contributed by atoms with Gasteiger partial charge in [0.2, 0.25) is 10.0 Å². The molecule has 2 heterocycles. The summed E-state index contributed by atoms with van der Waals surface area (Å²) in [6.45, 7) is 1.42. The molecule has 37 heavy (non-hydrogen) atoms. The lowest BCUT2D eigenvalue weighted by atomic mass is 10.2. The van der Waals surface area contributed by atoms with Gasteiger partial charge in [-0.05, 0) is 60.1 Å². The standard InChI is InChI=1S/C24H21F3N4O4S2/c1-16-22(32)31(19-7-9-20(10-8-19)36-24(25,26)27)23(33)30(16)14-18-11-12-28-13-21(18)29-37(34,35)15-17-5-3-2-4-6-17/h2-13,16,29H,14-15H2,1H3. The van der Waals surface area contributed by atoms with Crippen molar-refractivity contribution >= 4 is 45.1 Å². The van der Waals surface area contributed by atoms with E-state index in [1.54, 1.807) is 30.3 Å². The van der Waals surface area contributed by atoms with Gasteiger partial charge in [0.15, 0.2) is 0 Å². The van der Waals surface area contributed by atoms with E-state index in [-0.39, 0.29) is 40.3 Å². The molecule has 1 aliphatic heterocycles. The highest BCUT2D eigenvalue weighted by Gasteiger charge is 2.43. The molecule has 2 aromatic carbocycles. The smallest absolute Gasteiger partial charge is 0.308 e. The number of thioether (sulfide) groups is 1. The summed E-state index contributed by atoms with van der Waals surface area (Å²) in [6.07, 6.45) is 2.76. The van der Waals surface area contributed by atoms with Crippen molar-refractivity contribution in [3.8, 4) is 0 Å². The van der Waals surface area contributed by atoms with E-state index in [9.17, 15) is 31.2 Å². The Morgan fingerprint density at radius 1 is 1.03 bits per heavy atom. The van der Waals surface area contributed by atoms with Gasteiger partial charge in [-0.2, -0.15) is 13.2 Å². The van der Waals surface area contributed by atoms with Crippen LogP contribution in [0, 0.1) is 0 Å². The zero-order chi connectivity index (χ0) is 26.8. The fraction of sp³-hybridized carbons (Fsp3) is 0.208. The van der Waals surface area contributed by atoms with E-state index < -0.39 is 33.5 Å². The molecule has 0 bridgehead atoms. The molecule has 1 aromatic heterocycles. The number of alkyl halides is 3. The average Bonchev–Trinajstić information content (AvgIpc) is 3.03. The number of rotatable bonds is 8. The molecule has 4 rings (SSSR count). The number of halogens is 3. The Balaban J connectivity index is 1.52. The SMILES string of the molecule is CC1C(=O)N(c2ccc(SC(F)(F)F)cc2)C(=O)N1Cc1ccncc1NS(=O)(=O)Cc1ccccc1.